The average Bonchev–Trinajstić information content (AvgIpc) is 1.61. The lowest BCUT2D eigenvalue weighted by molar-refractivity contribution is 0.438. The largest absolute Gasteiger partial charge is 0.509 e. The van der Waals surface area contributed by atoms with Crippen LogP contribution >= 0.6 is 0 Å². The Hall–Kier alpha value is -10.1. The fourth-order valence-electron chi connectivity index (χ4n) is 14.7. The van der Waals surface area contributed by atoms with Crippen molar-refractivity contribution in [1.82, 2.24) is 0 Å². The van der Waals surface area contributed by atoms with Gasteiger partial charge in [-0.15, -0.1) is 0 Å². The minimum atomic E-state index is -0.996. The fourth-order valence-corrected chi connectivity index (χ4v) is 14.7. The van der Waals surface area contributed by atoms with E-state index in [2.05, 4.69) is 194 Å². The van der Waals surface area contributed by atoms with Crippen LogP contribution in [0.1, 0.15) is 47.2 Å². The maximum atomic E-state index is 11.1. The first-order chi connectivity index (χ1) is 43.2. The molecule has 2 N–H and O–H groups in total. The Morgan fingerprint density at radius 1 is 0.360 bits per heavy atom. The first kappa shape index (κ1) is 54.3. The Morgan fingerprint density at radius 3 is 1.47 bits per heavy atom. The van der Waals surface area contributed by atoms with Crippen molar-refractivity contribution in [1.29, 1.82) is 0 Å². The highest BCUT2D eigenvalue weighted by molar-refractivity contribution is 6.64. The van der Waals surface area contributed by atoms with Crippen LogP contribution in [0.5, 0.6) is 23.0 Å². The summed E-state index contributed by atoms with van der Waals surface area (Å²) in [5.74, 6) is -0.152. The number of anilines is 6. The predicted octanol–water partition coefficient (Wildman–Crippen LogP) is 11.6. The molecule has 0 saturated heterocycles. The number of hydrogen-bond acceptors (Lipinski definition) is 6. The van der Waals surface area contributed by atoms with Gasteiger partial charge in [-0.25, -0.2) is 0 Å². The number of phenolic OH excluding ortho intramolecular Hbond substituents is 2. The quantitative estimate of drug-likeness (QED) is 0.148. The summed E-state index contributed by atoms with van der Waals surface area (Å²) in [6.07, 6.45) is 0. The van der Waals surface area contributed by atoms with E-state index in [1.165, 1.54) is 22.3 Å². The maximum Gasteiger partial charge on any atom is 0.159 e. The van der Waals surface area contributed by atoms with E-state index in [1.807, 2.05) is 54.6 Å². The monoisotopic (exact) mass is 1130 g/mol. The third-order valence-corrected chi connectivity index (χ3v) is 18.7. The fraction of sp³-hybridized carbons (Fsp3) is 0.0526. The predicted molar refractivity (Wildman–Crippen MR) is 370 cm³/mol. The molecule has 404 valence electrons. The van der Waals surface area contributed by atoms with E-state index in [-0.39, 0.29) is 54.9 Å². The SMILES string of the molecule is [B]c1c(O)c([B])c(-c2c([B])c([B])c(-c3cc(N(c4ccccc4)c4cccc5c4oc4cccc(N(c6ccccc6)c6ccc7c(c6)C(C)(C)c6ccccc6-7)c45)cc4c3Oc3ccccc3C43c4ccccc4-c4ccccc43)c([B])c2[B])c([B])c1O. The van der Waals surface area contributed by atoms with Gasteiger partial charge in [0, 0.05) is 50.2 Å². The van der Waals surface area contributed by atoms with Crippen molar-refractivity contribution < 1.29 is 19.4 Å². The highest BCUT2D eigenvalue weighted by Gasteiger charge is 2.52. The van der Waals surface area contributed by atoms with Crippen LogP contribution in [-0.2, 0) is 10.8 Å². The molecule has 89 heavy (non-hydrogen) atoms. The molecule has 14 radical (unpaired) electrons. The van der Waals surface area contributed by atoms with Crippen molar-refractivity contribution >= 4 is 149 Å². The molecular weight excluding hydrogens is 1080 g/mol. The first-order valence-corrected chi connectivity index (χ1v) is 29.4. The van der Waals surface area contributed by atoms with E-state index >= 15 is 0 Å². The second-order valence-electron chi connectivity index (χ2n) is 23.7. The molecule has 0 amide bonds. The van der Waals surface area contributed by atoms with Gasteiger partial charge in [-0.2, -0.15) is 0 Å². The van der Waals surface area contributed by atoms with Crippen molar-refractivity contribution in [3.63, 3.8) is 0 Å². The zero-order valence-corrected chi connectivity index (χ0v) is 48.5. The van der Waals surface area contributed by atoms with Crippen molar-refractivity contribution in [3.05, 3.63) is 258 Å². The summed E-state index contributed by atoms with van der Waals surface area (Å²) >= 11 is 0. The van der Waals surface area contributed by atoms with Crippen LogP contribution in [0.25, 0.3) is 66.4 Å². The number of hydrogen-bond donors (Lipinski definition) is 2. The molecule has 13 aromatic rings. The second kappa shape index (κ2) is 20.0. The molecule has 2 heterocycles. The summed E-state index contributed by atoms with van der Waals surface area (Å²) in [5, 5.41) is 24.0. The van der Waals surface area contributed by atoms with E-state index in [0.29, 0.717) is 33.9 Å². The van der Waals surface area contributed by atoms with Crippen LogP contribution < -0.4 is 52.8 Å². The number of nitrogens with zero attached hydrogens (tertiary/aromatic N) is 2. The first-order valence-electron chi connectivity index (χ1n) is 29.4. The molecule has 1 spiro atoms. The Balaban J connectivity index is 0.981. The Labute approximate surface area is 525 Å². The van der Waals surface area contributed by atoms with Crippen molar-refractivity contribution in [2.45, 2.75) is 24.7 Å². The molecule has 2 aliphatic carbocycles. The van der Waals surface area contributed by atoms with Gasteiger partial charge >= 0.3 is 0 Å². The van der Waals surface area contributed by atoms with Crippen LogP contribution in [-0.4, -0.2) is 65.1 Å². The lowest BCUT2D eigenvalue weighted by Gasteiger charge is -2.41. The zero-order chi connectivity index (χ0) is 60.9. The zero-order valence-electron chi connectivity index (χ0n) is 48.5. The molecular formula is C76H45B7N2O4. The molecule has 0 fully saturated rings. The molecule has 12 aromatic carbocycles. The Morgan fingerprint density at radius 2 is 0.843 bits per heavy atom. The van der Waals surface area contributed by atoms with Gasteiger partial charge in [0.2, 0.25) is 0 Å². The van der Waals surface area contributed by atoms with Gasteiger partial charge in [-0.3, -0.25) is 0 Å². The number of rotatable bonds is 8. The van der Waals surface area contributed by atoms with E-state index in [1.54, 1.807) is 0 Å². The Kier molecular flexibility index (Phi) is 12.2. The summed E-state index contributed by atoms with van der Waals surface area (Å²) in [6.45, 7) is 4.62. The number of aromatic hydroxyl groups is 2. The van der Waals surface area contributed by atoms with E-state index < -0.39 is 22.4 Å². The second-order valence-corrected chi connectivity index (χ2v) is 23.7. The van der Waals surface area contributed by atoms with Crippen molar-refractivity contribution in [2.24, 2.45) is 0 Å². The molecule has 16 rings (SSSR count). The van der Waals surface area contributed by atoms with Gasteiger partial charge in [0.15, 0.2) is 5.58 Å². The maximum absolute atomic E-state index is 11.1. The van der Waals surface area contributed by atoms with Crippen molar-refractivity contribution in [3.8, 4) is 67.5 Å². The summed E-state index contributed by atoms with van der Waals surface area (Å²) in [5.41, 5.74) is 15.8. The lowest BCUT2D eigenvalue weighted by Crippen LogP contribution is -2.46. The van der Waals surface area contributed by atoms with Gasteiger partial charge in [0.25, 0.3) is 0 Å². The minimum absolute atomic E-state index is 0.00186. The molecule has 0 atom stereocenters. The van der Waals surface area contributed by atoms with Crippen LogP contribution in [0.4, 0.5) is 34.1 Å². The van der Waals surface area contributed by atoms with Crippen LogP contribution in [0.2, 0.25) is 0 Å². The van der Waals surface area contributed by atoms with Gasteiger partial charge in [-0.1, -0.05) is 187 Å². The third kappa shape index (κ3) is 7.60. The van der Waals surface area contributed by atoms with Crippen LogP contribution in [0.3, 0.4) is 0 Å². The van der Waals surface area contributed by atoms with Gasteiger partial charge in [0.1, 0.15) is 83.5 Å². The number of para-hydroxylation sites is 4. The number of benzene rings is 12. The minimum Gasteiger partial charge on any atom is -0.509 e. The average molecular weight is 1130 g/mol. The van der Waals surface area contributed by atoms with Gasteiger partial charge < -0.3 is 29.2 Å². The molecule has 1 aromatic heterocycles. The summed E-state index contributed by atoms with van der Waals surface area (Å²) in [7, 11) is 48.4. The van der Waals surface area contributed by atoms with Gasteiger partial charge in [-0.05, 0) is 150 Å². The van der Waals surface area contributed by atoms with E-state index in [0.717, 1.165) is 72.6 Å². The molecule has 6 nitrogen and oxygen atoms in total. The van der Waals surface area contributed by atoms with E-state index in [4.69, 9.17) is 64.1 Å². The topological polar surface area (TPSA) is 69.3 Å². The third-order valence-electron chi connectivity index (χ3n) is 18.7. The molecule has 3 aliphatic rings. The lowest BCUT2D eigenvalue weighted by atomic mass is 9.59. The van der Waals surface area contributed by atoms with Crippen molar-refractivity contribution in [2.75, 3.05) is 9.80 Å². The number of phenols is 2. The standard InChI is InChI=1S/C76H45B7N2O4/c1-75(2)50-27-12-9-23-44(50)47-36-35-42(38-54(47)75)84(40-19-5-3-6-20-40)56-31-18-34-59-60(56)48-26-17-32-57(74(48)89-59)85(41-21-7-4-8-22-41)43-37-49(61-64(77)66(79)62(67(80)65(61)78)63-68(81)71(86)70(83)72(87)69(63)82)73-55(39-43)76(53-30-15-16-33-58(53)88-73)51-28-13-10-24-45(51)46-25-11-14-29-52(46)76/h3-39,86-87H,1-2H3. The van der Waals surface area contributed by atoms with Crippen LogP contribution in [0, 0.1) is 0 Å². The molecule has 1 aliphatic heterocycles. The summed E-state index contributed by atoms with van der Waals surface area (Å²) < 4.78 is 14.6. The van der Waals surface area contributed by atoms with Crippen LogP contribution in [0.15, 0.2) is 229 Å². The summed E-state index contributed by atoms with van der Waals surface area (Å²) in [6, 6.07) is 78.0. The van der Waals surface area contributed by atoms with E-state index in [9.17, 15) is 10.2 Å². The molecule has 13 heteroatoms. The highest BCUT2D eigenvalue weighted by Crippen LogP contribution is 2.64. The smallest absolute Gasteiger partial charge is 0.159 e. The number of fused-ring (bicyclic) bond motifs is 15. The Bertz CT molecular complexity index is 5080. The number of ether oxygens (including phenoxy) is 1. The highest BCUT2D eigenvalue weighted by atomic mass is 16.5. The number of furan rings is 1. The summed E-state index contributed by atoms with van der Waals surface area (Å²) in [4.78, 5) is 4.53. The van der Waals surface area contributed by atoms with Gasteiger partial charge in [0.05, 0.1) is 22.2 Å². The molecule has 0 bridgehead atoms. The molecule has 0 unspecified atom stereocenters. The molecule has 0 saturated carbocycles. The normalized spacial score (nSPS) is 13.5.